The van der Waals surface area contributed by atoms with E-state index in [2.05, 4.69) is 4.98 Å². The van der Waals surface area contributed by atoms with E-state index in [1.165, 1.54) is 6.07 Å². The van der Waals surface area contributed by atoms with Gasteiger partial charge in [-0.25, -0.2) is 4.79 Å². The lowest BCUT2D eigenvalue weighted by Crippen LogP contribution is -2.30. The number of H-pyrrole nitrogens is 1. The van der Waals surface area contributed by atoms with Crippen LogP contribution < -0.4 is 5.59 Å². The molecule has 0 aliphatic carbocycles. The van der Waals surface area contributed by atoms with Crippen molar-refractivity contribution in [2.24, 2.45) is 0 Å². The molecule has 0 radical (unpaired) electrons. The summed E-state index contributed by atoms with van der Waals surface area (Å²) < 4.78 is 4.93. The summed E-state index contributed by atoms with van der Waals surface area (Å²) in [5, 5.41) is 18.8. The molecular weight excluding hydrogens is 221 g/mol. The third-order valence-corrected chi connectivity index (χ3v) is 2.46. The van der Waals surface area contributed by atoms with Crippen LogP contribution in [0.25, 0.3) is 10.9 Å². The maximum absolute atomic E-state index is 11.7. The molecule has 1 aromatic carbocycles. The Balaban J connectivity index is 2.53. The van der Waals surface area contributed by atoms with Gasteiger partial charge in [0.1, 0.15) is 0 Å². The third kappa shape index (κ3) is 2.18. The van der Waals surface area contributed by atoms with Crippen molar-refractivity contribution >= 4 is 29.6 Å². The van der Waals surface area contributed by atoms with Crippen molar-refractivity contribution < 1.29 is 19.6 Å². The summed E-state index contributed by atoms with van der Waals surface area (Å²) in [7, 11) is -1.59. The van der Waals surface area contributed by atoms with Crippen LogP contribution >= 0.6 is 0 Å². The highest BCUT2D eigenvalue weighted by Gasteiger charge is 2.17. The summed E-state index contributed by atoms with van der Waals surface area (Å²) in [6.07, 6.45) is 0. The first-order chi connectivity index (χ1) is 8.13. The predicted molar refractivity (Wildman–Crippen MR) is 64.1 cm³/mol. The Labute approximate surface area is 98.2 Å². The number of ether oxygens (including phenoxy) is 1. The van der Waals surface area contributed by atoms with E-state index in [0.29, 0.717) is 23.1 Å². The van der Waals surface area contributed by atoms with Crippen molar-refractivity contribution in [1.82, 2.24) is 4.98 Å². The zero-order valence-corrected chi connectivity index (χ0v) is 9.30. The average Bonchev–Trinajstić information content (AvgIpc) is 2.72. The third-order valence-electron chi connectivity index (χ3n) is 2.46. The van der Waals surface area contributed by atoms with Crippen LogP contribution in [0.1, 0.15) is 17.3 Å². The summed E-state index contributed by atoms with van der Waals surface area (Å²) >= 11 is 0. The van der Waals surface area contributed by atoms with Crippen molar-refractivity contribution in [2.75, 3.05) is 6.61 Å². The lowest BCUT2D eigenvalue weighted by atomic mass is 9.86. The standard InChI is InChI=1S/C11H12BNO4/c1-2-17-11(14)7-4-3-5-9-8(7)6-10(13-9)12(15)16/h3-6,13,15-16H,2H2,1H3. The summed E-state index contributed by atoms with van der Waals surface area (Å²) in [6, 6.07) is 6.64. The van der Waals surface area contributed by atoms with E-state index in [1.807, 2.05) is 0 Å². The van der Waals surface area contributed by atoms with Gasteiger partial charge in [0.2, 0.25) is 0 Å². The Morgan fingerprint density at radius 2 is 2.24 bits per heavy atom. The summed E-state index contributed by atoms with van der Waals surface area (Å²) in [4.78, 5) is 14.5. The summed E-state index contributed by atoms with van der Waals surface area (Å²) in [6.45, 7) is 2.03. The fourth-order valence-electron chi connectivity index (χ4n) is 1.70. The summed E-state index contributed by atoms with van der Waals surface area (Å²) in [5.41, 5.74) is 1.32. The van der Waals surface area contributed by atoms with Crippen LogP contribution in [0.5, 0.6) is 0 Å². The van der Waals surface area contributed by atoms with Gasteiger partial charge in [0.15, 0.2) is 0 Å². The number of rotatable bonds is 3. The van der Waals surface area contributed by atoms with Crippen molar-refractivity contribution in [3.05, 3.63) is 29.8 Å². The highest BCUT2D eigenvalue weighted by Crippen LogP contribution is 2.17. The largest absolute Gasteiger partial charge is 0.505 e. The van der Waals surface area contributed by atoms with Crippen LogP contribution in [0.3, 0.4) is 0 Å². The topological polar surface area (TPSA) is 82.6 Å². The minimum atomic E-state index is -1.59. The van der Waals surface area contributed by atoms with Crippen molar-refractivity contribution in [2.45, 2.75) is 6.92 Å². The van der Waals surface area contributed by atoms with Gasteiger partial charge in [0.05, 0.1) is 12.2 Å². The maximum atomic E-state index is 11.7. The smallest absolute Gasteiger partial charge is 0.462 e. The molecular formula is C11H12BNO4. The van der Waals surface area contributed by atoms with Gasteiger partial charge in [-0.05, 0) is 25.1 Å². The molecule has 6 heteroatoms. The Morgan fingerprint density at radius 3 is 2.88 bits per heavy atom. The fraction of sp³-hybridized carbons (Fsp3) is 0.182. The number of aromatic amines is 1. The fourth-order valence-corrected chi connectivity index (χ4v) is 1.70. The second-order valence-electron chi connectivity index (χ2n) is 3.59. The molecule has 1 heterocycles. The summed E-state index contributed by atoms with van der Waals surface area (Å²) in [5.74, 6) is -0.420. The van der Waals surface area contributed by atoms with Crippen LogP contribution in [0, 0.1) is 0 Å². The van der Waals surface area contributed by atoms with Crippen LogP contribution in [-0.2, 0) is 4.74 Å². The van der Waals surface area contributed by atoms with Crippen LogP contribution in [0.15, 0.2) is 24.3 Å². The number of benzene rings is 1. The molecule has 0 unspecified atom stereocenters. The minimum Gasteiger partial charge on any atom is -0.462 e. The van der Waals surface area contributed by atoms with Crippen molar-refractivity contribution in [1.29, 1.82) is 0 Å². The van der Waals surface area contributed by atoms with E-state index in [1.54, 1.807) is 25.1 Å². The molecule has 0 aliphatic heterocycles. The van der Waals surface area contributed by atoms with Gasteiger partial charge in [-0.15, -0.1) is 0 Å². The van der Waals surface area contributed by atoms with Gasteiger partial charge in [-0.2, -0.15) is 0 Å². The number of carbonyl (C=O) groups is 1. The average molecular weight is 233 g/mol. The first-order valence-electron chi connectivity index (χ1n) is 5.28. The number of aromatic nitrogens is 1. The van der Waals surface area contributed by atoms with E-state index in [0.717, 1.165) is 0 Å². The lowest BCUT2D eigenvalue weighted by Gasteiger charge is -2.02. The second kappa shape index (κ2) is 4.61. The Morgan fingerprint density at radius 1 is 1.47 bits per heavy atom. The zero-order chi connectivity index (χ0) is 12.4. The molecule has 1 aromatic heterocycles. The molecule has 0 spiro atoms. The molecule has 0 saturated carbocycles. The molecule has 2 aromatic rings. The zero-order valence-electron chi connectivity index (χ0n) is 9.30. The van der Waals surface area contributed by atoms with Gasteiger partial charge in [-0.3, -0.25) is 0 Å². The SMILES string of the molecule is CCOC(=O)c1cccc2[nH]c(B(O)O)cc12. The van der Waals surface area contributed by atoms with E-state index in [-0.39, 0.29) is 5.59 Å². The molecule has 17 heavy (non-hydrogen) atoms. The molecule has 0 atom stereocenters. The monoisotopic (exact) mass is 233 g/mol. The highest BCUT2D eigenvalue weighted by molar-refractivity contribution is 6.58. The van der Waals surface area contributed by atoms with Crippen molar-refractivity contribution in [3.8, 4) is 0 Å². The van der Waals surface area contributed by atoms with Gasteiger partial charge >= 0.3 is 13.1 Å². The maximum Gasteiger partial charge on any atom is 0.505 e. The molecule has 3 N–H and O–H groups in total. The first kappa shape index (κ1) is 11.7. The minimum absolute atomic E-state index is 0.247. The number of fused-ring (bicyclic) bond motifs is 1. The number of esters is 1. The number of hydrogen-bond acceptors (Lipinski definition) is 4. The lowest BCUT2D eigenvalue weighted by molar-refractivity contribution is 0.0528. The second-order valence-corrected chi connectivity index (χ2v) is 3.59. The quantitative estimate of drug-likeness (QED) is 0.515. The Hall–Kier alpha value is -1.79. The van der Waals surface area contributed by atoms with Crippen LogP contribution in [0.4, 0.5) is 0 Å². The predicted octanol–water partition coefficient (Wildman–Crippen LogP) is 0.0244. The molecule has 0 amide bonds. The van der Waals surface area contributed by atoms with Crippen LogP contribution in [-0.4, -0.2) is 34.7 Å². The molecule has 2 rings (SSSR count). The molecule has 88 valence electrons. The van der Waals surface area contributed by atoms with Crippen LogP contribution in [0.2, 0.25) is 0 Å². The molecule has 5 nitrogen and oxygen atoms in total. The van der Waals surface area contributed by atoms with Gasteiger partial charge < -0.3 is 19.8 Å². The van der Waals surface area contributed by atoms with Gasteiger partial charge in [-0.1, -0.05) is 6.07 Å². The number of nitrogens with one attached hydrogen (secondary N) is 1. The molecule has 0 bridgehead atoms. The van der Waals surface area contributed by atoms with Gasteiger partial charge in [0.25, 0.3) is 0 Å². The highest BCUT2D eigenvalue weighted by atomic mass is 16.5. The van der Waals surface area contributed by atoms with Gasteiger partial charge in [0, 0.05) is 16.5 Å². The first-order valence-corrected chi connectivity index (χ1v) is 5.28. The number of hydrogen-bond donors (Lipinski definition) is 3. The Kier molecular flexibility index (Phi) is 3.17. The normalized spacial score (nSPS) is 10.5. The van der Waals surface area contributed by atoms with E-state index >= 15 is 0 Å². The van der Waals surface area contributed by atoms with Crippen molar-refractivity contribution in [3.63, 3.8) is 0 Å². The number of carbonyl (C=O) groups excluding carboxylic acids is 1. The van der Waals surface area contributed by atoms with E-state index in [4.69, 9.17) is 14.8 Å². The molecule has 0 saturated heterocycles. The van der Waals surface area contributed by atoms with E-state index in [9.17, 15) is 4.79 Å². The Bertz CT molecular complexity index is 549. The molecule has 0 aliphatic rings. The van der Waals surface area contributed by atoms with E-state index < -0.39 is 13.1 Å². The molecule has 0 fully saturated rings.